The molecule has 0 amide bonds. The molecular weight excluding hydrogens is 402 g/mol. The summed E-state index contributed by atoms with van der Waals surface area (Å²) in [6, 6.07) is 0. The van der Waals surface area contributed by atoms with Crippen molar-refractivity contribution in [3.63, 3.8) is 0 Å². The normalized spacial score (nSPS) is 8.36. The summed E-state index contributed by atoms with van der Waals surface area (Å²) in [4.78, 5) is 26.2. The van der Waals surface area contributed by atoms with Crippen molar-refractivity contribution in [3.8, 4) is 0 Å². The van der Waals surface area contributed by atoms with E-state index in [1.807, 2.05) is 0 Å². The molecular formula is C8BF6Na3O7. The average molecular weight is 402 g/mol. The molecule has 25 heavy (non-hydrogen) atoms. The van der Waals surface area contributed by atoms with Gasteiger partial charge in [0.05, 0.1) is 0 Å². The van der Waals surface area contributed by atoms with E-state index in [1.54, 1.807) is 0 Å². The summed E-state index contributed by atoms with van der Waals surface area (Å²) in [5.74, 6) is -14.6. The number of rotatable bonds is 2. The van der Waals surface area contributed by atoms with E-state index in [4.69, 9.17) is 15.1 Å². The number of carbonyl (C=O) groups excluding carboxylic acids is 2. The van der Waals surface area contributed by atoms with Gasteiger partial charge in [-0.2, -0.15) is 0 Å². The maximum atomic E-state index is 13.1. The van der Waals surface area contributed by atoms with Crippen molar-refractivity contribution in [2.45, 2.75) is 0 Å². The minimum Gasteiger partial charge on any atom is -0.907 e. The maximum Gasteiger partial charge on any atom is 1.00 e. The zero-order valence-electron chi connectivity index (χ0n) is 12.7. The van der Waals surface area contributed by atoms with Gasteiger partial charge in [0.15, 0.2) is 23.3 Å². The predicted octanol–water partition coefficient (Wildman–Crippen LogP) is -10.6. The Morgan fingerprint density at radius 3 is 1.04 bits per heavy atom. The Morgan fingerprint density at radius 2 is 0.880 bits per heavy atom. The van der Waals surface area contributed by atoms with Crippen LogP contribution in [0.15, 0.2) is 0 Å². The Labute approximate surface area is 201 Å². The quantitative estimate of drug-likeness (QED) is 0.209. The van der Waals surface area contributed by atoms with Crippen molar-refractivity contribution in [2.24, 2.45) is 0 Å². The molecule has 0 N–H and O–H groups in total. The van der Waals surface area contributed by atoms with Crippen molar-refractivity contribution in [3.05, 3.63) is 34.4 Å². The summed E-state index contributed by atoms with van der Waals surface area (Å²) in [6.45, 7) is 0. The van der Waals surface area contributed by atoms with Crippen LogP contribution in [0.4, 0.5) is 26.6 Å². The van der Waals surface area contributed by atoms with E-state index in [0.717, 1.165) is 0 Å². The van der Waals surface area contributed by atoms with E-state index in [0.29, 0.717) is 0 Å². The number of halogens is 6. The SMILES string of the molecule is O=C(OF)c1c(F)c(F)c(F)c(F)c1C(=O)OF.[Na+].[Na+].[Na+].[O-]B([O-])[O-]. The summed E-state index contributed by atoms with van der Waals surface area (Å²) in [6.07, 6.45) is 0. The van der Waals surface area contributed by atoms with Gasteiger partial charge in [0, 0.05) is 9.05 Å². The molecule has 0 unspecified atom stereocenters. The van der Waals surface area contributed by atoms with Crippen molar-refractivity contribution >= 4 is 19.3 Å². The van der Waals surface area contributed by atoms with Gasteiger partial charge < -0.3 is 15.1 Å². The summed E-state index contributed by atoms with van der Waals surface area (Å²) in [7, 11) is -2.92. The van der Waals surface area contributed by atoms with E-state index < -0.39 is 53.7 Å². The first-order chi connectivity index (χ1) is 10.1. The molecule has 0 spiro atoms. The van der Waals surface area contributed by atoms with Gasteiger partial charge in [-0.05, 0) is 0 Å². The Morgan fingerprint density at radius 1 is 0.680 bits per heavy atom. The first kappa shape index (κ1) is 33.3. The topological polar surface area (TPSA) is 122 Å². The maximum absolute atomic E-state index is 13.1. The molecule has 1 rings (SSSR count). The Bertz CT molecular complexity index is 544. The molecule has 0 atom stereocenters. The van der Waals surface area contributed by atoms with E-state index in [9.17, 15) is 36.2 Å². The molecule has 0 saturated carbocycles. The molecule has 7 nitrogen and oxygen atoms in total. The van der Waals surface area contributed by atoms with Crippen LogP contribution < -0.4 is 104 Å². The number of carbonyl (C=O) groups is 2. The largest absolute Gasteiger partial charge is 1.00 e. The van der Waals surface area contributed by atoms with Crippen molar-refractivity contribution in [2.75, 3.05) is 0 Å². The van der Waals surface area contributed by atoms with Gasteiger partial charge in [0.25, 0.3) is 0 Å². The van der Waals surface area contributed by atoms with Gasteiger partial charge in [-0.3, -0.25) is 7.32 Å². The van der Waals surface area contributed by atoms with Crippen LogP contribution in [0.1, 0.15) is 20.7 Å². The smallest absolute Gasteiger partial charge is 0.907 e. The molecule has 1 aromatic rings. The number of hydrogen-bond acceptors (Lipinski definition) is 7. The van der Waals surface area contributed by atoms with Gasteiger partial charge in [-0.15, -0.1) is 0 Å². The minimum absolute atomic E-state index is 0. The standard InChI is InChI=1S/C8F6O4.BO3.3Na/c9-3-1(7(15)17-13)2(8(16)18-14)4(10)6(12)5(3)11;2-1(3)4;;;/q;-3;3*+1. The molecule has 0 heterocycles. The first-order valence-electron chi connectivity index (χ1n) is 4.59. The van der Waals surface area contributed by atoms with E-state index in [-0.39, 0.29) is 88.7 Å². The van der Waals surface area contributed by atoms with Crippen molar-refractivity contribution in [1.82, 2.24) is 0 Å². The summed E-state index contributed by atoms with van der Waals surface area (Å²) in [5.41, 5.74) is -3.95. The molecule has 0 aliphatic rings. The second-order valence-corrected chi connectivity index (χ2v) is 3.02. The van der Waals surface area contributed by atoms with Gasteiger partial charge in [0.1, 0.15) is 11.1 Å². The van der Waals surface area contributed by atoms with Gasteiger partial charge in [-0.1, -0.05) is 0 Å². The van der Waals surface area contributed by atoms with Crippen LogP contribution in [0.3, 0.4) is 0 Å². The summed E-state index contributed by atoms with van der Waals surface area (Å²) < 4.78 is 74.7. The summed E-state index contributed by atoms with van der Waals surface area (Å²) >= 11 is 0. The Hall–Kier alpha value is 0.685. The van der Waals surface area contributed by atoms with Crippen LogP contribution in [0.5, 0.6) is 0 Å². The van der Waals surface area contributed by atoms with Crippen LogP contribution in [0, 0.1) is 23.3 Å². The van der Waals surface area contributed by atoms with Crippen LogP contribution >= 0.6 is 0 Å². The van der Waals surface area contributed by atoms with Crippen LogP contribution in [-0.4, -0.2) is 19.3 Å². The van der Waals surface area contributed by atoms with Crippen LogP contribution in [-0.2, 0) is 9.88 Å². The molecule has 0 aliphatic heterocycles. The van der Waals surface area contributed by atoms with Gasteiger partial charge in [0.2, 0.25) is 0 Å². The Balaban J connectivity index is -0.000000285. The molecule has 0 aliphatic carbocycles. The second kappa shape index (κ2) is 15.7. The van der Waals surface area contributed by atoms with E-state index in [2.05, 4.69) is 9.88 Å². The van der Waals surface area contributed by atoms with Crippen molar-refractivity contribution in [1.29, 1.82) is 0 Å². The zero-order chi connectivity index (χ0) is 17.6. The minimum atomic E-state index is -2.92. The van der Waals surface area contributed by atoms with Crippen molar-refractivity contribution < 1.29 is 150 Å². The van der Waals surface area contributed by atoms with Crippen LogP contribution in [0.2, 0.25) is 0 Å². The fraction of sp³-hybridized carbons (Fsp3) is 0. The third kappa shape index (κ3) is 9.44. The third-order valence-corrected chi connectivity index (χ3v) is 1.82. The fourth-order valence-electron chi connectivity index (χ4n) is 1.09. The van der Waals surface area contributed by atoms with Crippen LogP contribution in [0.25, 0.3) is 0 Å². The Kier molecular flexibility index (Phi) is 20.9. The van der Waals surface area contributed by atoms with Gasteiger partial charge in [-0.25, -0.2) is 37.0 Å². The van der Waals surface area contributed by atoms with E-state index in [1.165, 1.54) is 0 Å². The molecule has 122 valence electrons. The second-order valence-electron chi connectivity index (χ2n) is 3.02. The first-order valence-corrected chi connectivity index (χ1v) is 4.59. The van der Waals surface area contributed by atoms with E-state index >= 15 is 0 Å². The molecule has 17 heteroatoms. The fourth-order valence-corrected chi connectivity index (χ4v) is 1.09. The summed E-state index contributed by atoms with van der Waals surface area (Å²) in [5, 5.41) is 25.2. The molecule has 0 aromatic heterocycles. The molecule has 0 saturated heterocycles. The zero-order valence-corrected chi connectivity index (χ0v) is 18.7. The van der Waals surface area contributed by atoms with Gasteiger partial charge >= 0.3 is 101 Å². The predicted molar refractivity (Wildman–Crippen MR) is 45.1 cm³/mol. The molecule has 0 radical (unpaired) electrons. The average Bonchev–Trinajstić information content (AvgIpc) is 2.46. The number of hydrogen-bond donors (Lipinski definition) is 0. The monoisotopic (exact) mass is 402 g/mol. The molecule has 0 fully saturated rings. The molecule has 0 bridgehead atoms. The third-order valence-electron chi connectivity index (χ3n) is 1.82. The number of benzene rings is 1. The molecule has 1 aromatic carbocycles.